The van der Waals surface area contributed by atoms with Crippen molar-refractivity contribution in [3.05, 3.63) is 0 Å². The van der Waals surface area contributed by atoms with Gasteiger partial charge in [-0.25, -0.2) is 4.79 Å². The molecule has 19 heavy (non-hydrogen) atoms. The van der Waals surface area contributed by atoms with Gasteiger partial charge in [-0.15, -0.1) is 0 Å². The Morgan fingerprint density at radius 3 is 2.68 bits per heavy atom. The quantitative estimate of drug-likeness (QED) is 0.661. The molecule has 6 nitrogen and oxygen atoms in total. The van der Waals surface area contributed by atoms with Gasteiger partial charge in [0.05, 0.1) is 12.0 Å². The van der Waals surface area contributed by atoms with E-state index in [4.69, 9.17) is 9.84 Å². The number of ether oxygens (including phenoxy) is 1. The SMILES string of the molecule is O=C(O)C1CCC(CNC(=O)C2CC3CCC2N3)O1. The molecule has 3 aliphatic rings. The second kappa shape index (κ2) is 5.09. The zero-order valence-corrected chi connectivity index (χ0v) is 10.8. The molecule has 2 bridgehead atoms. The molecule has 5 unspecified atom stereocenters. The van der Waals surface area contributed by atoms with Gasteiger partial charge in [-0.05, 0) is 32.1 Å². The molecule has 3 heterocycles. The second-order valence-electron chi connectivity index (χ2n) is 5.80. The molecule has 6 heteroatoms. The first-order chi connectivity index (χ1) is 9.13. The molecule has 3 aliphatic heterocycles. The number of carbonyl (C=O) groups is 2. The summed E-state index contributed by atoms with van der Waals surface area (Å²) in [6.07, 6.45) is 3.57. The number of nitrogens with one attached hydrogen (secondary N) is 2. The van der Waals surface area contributed by atoms with Crippen LogP contribution >= 0.6 is 0 Å². The van der Waals surface area contributed by atoms with Crippen molar-refractivity contribution < 1.29 is 19.4 Å². The molecule has 0 radical (unpaired) electrons. The van der Waals surface area contributed by atoms with Crippen molar-refractivity contribution in [2.24, 2.45) is 5.92 Å². The minimum Gasteiger partial charge on any atom is -0.479 e. The molecular formula is C13H20N2O4. The standard InChI is InChI=1S/C13H20N2O4/c16-12(9-5-7-1-3-10(9)15-7)14-6-8-2-4-11(19-8)13(17)18/h7-11,15H,1-6H2,(H,14,16)(H,17,18). The van der Waals surface area contributed by atoms with E-state index in [2.05, 4.69) is 10.6 Å². The number of carboxylic acids is 1. The van der Waals surface area contributed by atoms with E-state index in [-0.39, 0.29) is 17.9 Å². The van der Waals surface area contributed by atoms with Crippen molar-refractivity contribution in [2.45, 2.75) is 56.4 Å². The molecule has 3 fully saturated rings. The Bertz CT molecular complexity index is 387. The van der Waals surface area contributed by atoms with E-state index in [1.54, 1.807) is 0 Å². The van der Waals surface area contributed by atoms with Crippen molar-refractivity contribution in [3.63, 3.8) is 0 Å². The van der Waals surface area contributed by atoms with Gasteiger partial charge in [-0.1, -0.05) is 0 Å². The van der Waals surface area contributed by atoms with E-state index in [1.165, 1.54) is 6.42 Å². The molecule has 3 rings (SSSR count). The van der Waals surface area contributed by atoms with E-state index in [9.17, 15) is 9.59 Å². The van der Waals surface area contributed by atoms with Gasteiger partial charge in [0.2, 0.25) is 5.91 Å². The number of amides is 1. The maximum Gasteiger partial charge on any atom is 0.332 e. The first-order valence-corrected chi connectivity index (χ1v) is 7.05. The molecule has 1 amide bonds. The largest absolute Gasteiger partial charge is 0.479 e. The van der Waals surface area contributed by atoms with Gasteiger partial charge in [0, 0.05) is 18.6 Å². The van der Waals surface area contributed by atoms with Crippen LogP contribution in [-0.4, -0.2) is 47.8 Å². The number of fused-ring (bicyclic) bond motifs is 2. The van der Waals surface area contributed by atoms with Gasteiger partial charge in [0.15, 0.2) is 6.10 Å². The van der Waals surface area contributed by atoms with Crippen LogP contribution < -0.4 is 10.6 Å². The maximum atomic E-state index is 12.1. The summed E-state index contributed by atoms with van der Waals surface area (Å²) in [6, 6.07) is 0.848. The van der Waals surface area contributed by atoms with Crippen LogP contribution in [0, 0.1) is 5.92 Å². The summed E-state index contributed by atoms with van der Waals surface area (Å²) >= 11 is 0. The average molecular weight is 268 g/mol. The van der Waals surface area contributed by atoms with Crippen molar-refractivity contribution >= 4 is 11.9 Å². The molecule has 106 valence electrons. The summed E-state index contributed by atoms with van der Waals surface area (Å²) in [5.74, 6) is -0.747. The highest BCUT2D eigenvalue weighted by Crippen LogP contribution is 2.33. The lowest BCUT2D eigenvalue weighted by Gasteiger charge is -2.20. The minimum absolute atomic E-state index is 0.0791. The normalized spacial score (nSPS) is 40.5. The Kier molecular flexibility index (Phi) is 3.45. The fraction of sp³-hybridized carbons (Fsp3) is 0.846. The van der Waals surface area contributed by atoms with Crippen LogP contribution in [-0.2, 0) is 14.3 Å². The van der Waals surface area contributed by atoms with Gasteiger partial charge in [0.25, 0.3) is 0 Å². The Labute approximate surface area is 111 Å². The topological polar surface area (TPSA) is 87.7 Å². The number of hydrogen-bond acceptors (Lipinski definition) is 4. The van der Waals surface area contributed by atoms with Crippen LogP contribution in [0.25, 0.3) is 0 Å². The summed E-state index contributed by atoms with van der Waals surface area (Å²) in [6.45, 7) is 0.427. The smallest absolute Gasteiger partial charge is 0.332 e. The number of hydrogen-bond donors (Lipinski definition) is 3. The highest BCUT2D eigenvalue weighted by molar-refractivity contribution is 5.80. The predicted molar refractivity (Wildman–Crippen MR) is 66.6 cm³/mol. The Balaban J connectivity index is 1.43. The highest BCUT2D eigenvalue weighted by atomic mass is 16.5. The molecule has 0 spiro atoms. The second-order valence-corrected chi connectivity index (χ2v) is 5.80. The minimum atomic E-state index is -0.911. The Hall–Kier alpha value is -1.14. The van der Waals surface area contributed by atoms with Crippen molar-refractivity contribution in [1.82, 2.24) is 10.6 Å². The summed E-state index contributed by atoms with van der Waals surface area (Å²) in [5.41, 5.74) is 0. The molecule has 0 aromatic rings. The molecule has 0 aromatic heterocycles. The van der Waals surface area contributed by atoms with E-state index in [0.717, 1.165) is 12.8 Å². The van der Waals surface area contributed by atoms with Crippen LogP contribution in [0.4, 0.5) is 0 Å². The van der Waals surface area contributed by atoms with Gasteiger partial charge in [0.1, 0.15) is 0 Å². The van der Waals surface area contributed by atoms with Crippen LogP contribution in [0.1, 0.15) is 32.1 Å². The van der Waals surface area contributed by atoms with Crippen molar-refractivity contribution in [3.8, 4) is 0 Å². The lowest BCUT2D eigenvalue weighted by molar-refractivity contribution is -0.149. The fourth-order valence-electron chi connectivity index (χ4n) is 3.50. The number of aliphatic carboxylic acids is 1. The Morgan fingerprint density at radius 1 is 1.26 bits per heavy atom. The lowest BCUT2D eigenvalue weighted by Crippen LogP contribution is -2.41. The first-order valence-electron chi connectivity index (χ1n) is 7.05. The van der Waals surface area contributed by atoms with E-state index >= 15 is 0 Å². The number of rotatable bonds is 4. The number of carbonyl (C=O) groups excluding carboxylic acids is 1. The third-order valence-corrected chi connectivity index (χ3v) is 4.52. The summed E-state index contributed by atoms with van der Waals surface area (Å²) in [4.78, 5) is 22.8. The van der Waals surface area contributed by atoms with Gasteiger partial charge in [-0.2, -0.15) is 0 Å². The zero-order valence-electron chi connectivity index (χ0n) is 10.8. The summed E-state index contributed by atoms with van der Waals surface area (Å²) in [5, 5.41) is 15.2. The van der Waals surface area contributed by atoms with E-state index < -0.39 is 12.1 Å². The zero-order chi connectivity index (χ0) is 13.4. The monoisotopic (exact) mass is 268 g/mol. The van der Waals surface area contributed by atoms with Crippen LogP contribution in [0.2, 0.25) is 0 Å². The Morgan fingerprint density at radius 2 is 2.11 bits per heavy atom. The third kappa shape index (κ3) is 2.60. The molecule has 5 atom stereocenters. The molecule has 0 aromatic carbocycles. The molecule has 3 N–H and O–H groups in total. The van der Waals surface area contributed by atoms with E-state index in [0.29, 0.717) is 31.5 Å². The molecular weight excluding hydrogens is 248 g/mol. The van der Waals surface area contributed by atoms with E-state index in [1.807, 2.05) is 0 Å². The highest BCUT2D eigenvalue weighted by Gasteiger charge is 2.42. The van der Waals surface area contributed by atoms with Crippen molar-refractivity contribution in [2.75, 3.05) is 6.54 Å². The van der Waals surface area contributed by atoms with Crippen LogP contribution in [0.5, 0.6) is 0 Å². The maximum absolute atomic E-state index is 12.1. The van der Waals surface area contributed by atoms with Gasteiger partial charge >= 0.3 is 5.97 Å². The number of carboxylic acid groups (broad SMARTS) is 1. The van der Waals surface area contributed by atoms with Crippen LogP contribution in [0.3, 0.4) is 0 Å². The third-order valence-electron chi connectivity index (χ3n) is 4.52. The predicted octanol–water partition coefficient (Wildman–Crippen LogP) is -0.125. The average Bonchev–Trinajstić information content (AvgIpc) is 3.11. The first kappa shape index (κ1) is 12.9. The lowest BCUT2D eigenvalue weighted by atomic mass is 9.88. The van der Waals surface area contributed by atoms with Gasteiger partial charge in [-0.3, -0.25) is 4.79 Å². The van der Waals surface area contributed by atoms with Gasteiger partial charge < -0.3 is 20.5 Å². The molecule has 3 saturated heterocycles. The van der Waals surface area contributed by atoms with Crippen molar-refractivity contribution in [1.29, 1.82) is 0 Å². The summed E-state index contributed by atoms with van der Waals surface area (Å²) in [7, 11) is 0. The summed E-state index contributed by atoms with van der Waals surface area (Å²) < 4.78 is 5.37. The fourth-order valence-corrected chi connectivity index (χ4v) is 3.50. The van der Waals surface area contributed by atoms with Crippen LogP contribution in [0.15, 0.2) is 0 Å². The molecule has 0 aliphatic carbocycles. The molecule has 0 saturated carbocycles.